The molecule has 6 nitrogen and oxygen atoms in total. The van der Waals surface area contributed by atoms with Crippen LogP contribution in [0.3, 0.4) is 0 Å². The maximum Gasteiger partial charge on any atom is 0.259 e. The number of hydrogen-bond acceptors (Lipinski definition) is 4. The molecule has 0 radical (unpaired) electrons. The van der Waals surface area contributed by atoms with Gasteiger partial charge in [-0.15, -0.1) is 0 Å². The van der Waals surface area contributed by atoms with E-state index in [0.717, 1.165) is 17.3 Å². The summed E-state index contributed by atoms with van der Waals surface area (Å²) in [6.45, 7) is 0.674. The van der Waals surface area contributed by atoms with Gasteiger partial charge in [0.05, 0.1) is 11.6 Å². The quantitative estimate of drug-likeness (QED) is 0.786. The van der Waals surface area contributed by atoms with Crippen molar-refractivity contribution in [3.8, 4) is 0 Å². The molecule has 2 N–H and O–H groups in total. The molecule has 134 valence electrons. The van der Waals surface area contributed by atoms with Crippen LogP contribution in [0.1, 0.15) is 29.6 Å². The molecule has 0 spiro atoms. The average molecular weight is 415 g/mol. The minimum Gasteiger partial charge on any atom is -0.364 e. The Morgan fingerprint density at radius 1 is 1.19 bits per heavy atom. The van der Waals surface area contributed by atoms with Crippen LogP contribution in [0.2, 0.25) is 0 Å². The van der Waals surface area contributed by atoms with Gasteiger partial charge in [0, 0.05) is 35.4 Å². The standard InChI is InChI=1S/C19H19BrN4O2/c20-12-3-5-13(6-4-12)23-19(26)16-2-1-9-21-18(16)22-14-10-17(25)24(11-14)15-7-8-15/h1-6,9,14-15H,7-8,10-11H2,(H,21,22)(H,23,26). The molecular weight excluding hydrogens is 396 g/mol. The van der Waals surface area contributed by atoms with Crippen LogP contribution in [0, 0.1) is 0 Å². The summed E-state index contributed by atoms with van der Waals surface area (Å²) in [4.78, 5) is 31.1. The Morgan fingerprint density at radius 3 is 2.69 bits per heavy atom. The van der Waals surface area contributed by atoms with Crippen molar-refractivity contribution in [2.45, 2.75) is 31.3 Å². The molecular formula is C19H19BrN4O2. The smallest absolute Gasteiger partial charge is 0.259 e. The third-order valence-corrected chi connectivity index (χ3v) is 5.17. The summed E-state index contributed by atoms with van der Waals surface area (Å²) >= 11 is 3.38. The van der Waals surface area contributed by atoms with Gasteiger partial charge in [-0.1, -0.05) is 15.9 Å². The fourth-order valence-corrected chi connectivity index (χ4v) is 3.46. The molecule has 1 aromatic carbocycles. The highest BCUT2D eigenvalue weighted by atomic mass is 79.9. The maximum atomic E-state index is 12.7. The number of likely N-dealkylation sites (tertiary alicyclic amines) is 1. The van der Waals surface area contributed by atoms with E-state index in [9.17, 15) is 9.59 Å². The summed E-state index contributed by atoms with van der Waals surface area (Å²) in [5.74, 6) is 0.464. The van der Waals surface area contributed by atoms with Crippen molar-refractivity contribution >= 4 is 39.2 Å². The molecule has 1 aliphatic carbocycles. The van der Waals surface area contributed by atoms with Gasteiger partial charge >= 0.3 is 0 Å². The highest BCUT2D eigenvalue weighted by molar-refractivity contribution is 9.10. The van der Waals surface area contributed by atoms with Crippen molar-refractivity contribution in [3.05, 3.63) is 52.6 Å². The van der Waals surface area contributed by atoms with Crippen molar-refractivity contribution in [2.24, 2.45) is 0 Å². The van der Waals surface area contributed by atoms with Crippen molar-refractivity contribution in [3.63, 3.8) is 0 Å². The topological polar surface area (TPSA) is 74.3 Å². The summed E-state index contributed by atoms with van der Waals surface area (Å²) in [6.07, 6.45) is 4.29. The summed E-state index contributed by atoms with van der Waals surface area (Å²) in [5, 5.41) is 6.17. The molecule has 1 aliphatic heterocycles. The number of carbonyl (C=O) groups is 2. The molecule has 0 bridgehead atoms. The van der Waals surface area contributed by atoms with Crippen LogP contribution in [-0.4, -0.2) is 40.3 Å². The summed E-state index contributed by atoms with van der Waals surface area (Å²) in [6, 6.07) is 11.3. The van der Waals surface area contributed by atoms with Gasteiger partial charge in [-0.2, -0.15) is 0 Å². The highest BCUT2D eigenvalue weighted by Crippen LogP contribution is 2.31. The Labute approximate surface area is 160 Å². The van der Waals surface area contributed by atoms with E-state index in [0.29, 0.717) is 36.1 Å². The van der Waals surface area contributed by atoms with Crippen LogP contribution >= 0.6 is 15.9 Å². The fraction of sp³-hybridized carbons (Fsp3) is 0.316. The first kappa shape index (κ1) is 17.0. The number of anilines is 2. The van der Waals surface area contributed by atoms with Crippen molar-refractivity contribution < 1.29 is 9.59 Å². The van der Waals surface area contributed by atoms with Crippen molar-refractivity contribution in [1.29, 1.82) is 0 Å². The SMILES string of the molecule is O=C(Nc1ccc(Br)cc1)c1cccnc1NC1CC(=O)N(C2CC2)C1. The van der Waals surface area contributed by atoms with E-state index < -0.39 is 0 Å². The molecule has 2 heterocycles. The predicted molar refractivity (Wildman–Crippen MR) is 103 cm³/mol. The third kappa shape index (κ3) is 3.72. The molecule has 2 amide bonds. The van der Waals surface area contributed by atoms with Gasteiger partial charge in [0.25, 0.3) is 5.91 Å². The molecule has 7 heteroatoms. The van der Waals surface area contributed by atoms with E-state index in [1.165, 1.54) is 0 Å². The maximum absolute atomic E-state index is 12.7. The monoisotopic (exact) mass is 414 g/mol. The molecule has 1 atom stereocenters. The van der Waals surface area contributed by atoms with Crippen LogP contribution in [0.4, 0.5) is 11.5 Å². The van der Waals surface area contributed by atoms with E-state index >= 15 is 0 Å². The molecule has 1 saturated heterocycles. The molecule has 4 rings (SSSR count). The van der Waals surface area contributed by atoms with Gasteiger partial charge in [0.1, 0.15) is 5.82 Å². The lowest BCUT2D eigenvalue weighted by molar-refractivity contribution is -0.128. The van der Waals surface area contributed by atoms with Gasteiger partial charge in [-0.05, 0) is 49.2 Å². The lowest BCUT2D eigenvalue weighted by Crippen LogP contribution is -2.30. The van der Waals surface area contributed by atoms with Gasteiger partial charge in [0.15, 0.2) is 0 Å². The lowest BCUT2D eigenvalue weighted by Gasteiger charge is -2.17. The number of carbonyl (C=O) groups excluding carboxylic acids is 2. The number of amides is 2. The fourth-order valence-electron chi connectivity index (χ4n) is 3.20. The molecule has 26 heavy (non-hydrogen) atoms. The second kappa shape index (κ2) is 7.07. The number of benzene rings is 1. The van der Waals surface area contributed by atoms with E-state index in [-0.39, 0.29) is 17.9 Å². The van der Waals surface area contributed by atoms with Crippen LogP contribution in [0.5, 0.6) is 0 Å². The number of nitrogens with one attached hydrogen (secondary N) is 2. The second-order valence-corrected chi connectivity index (χ2v) is 7.60. The molecule has 1 aromatic heterocycles. The van der Waals surface area contributed by atoms with E-state index in [4.69, 9.17) is 0 Å². The zero-order chi connectivity index (χ0) is 18.1. The summed E-state index contributed by atoms with van der Waals surface area (Å²) in [5.41, 5.74) is 1.18. The molecule has 2 fully saturated rings. The molecule has 1 saturated carbocycles. The second-order valence-electron chi connectivity index (χ2n) is 6.68. The van der Waals surface area contributed by atoms with Crippen LogP contribution in [0.15, 0.2) is 47.1 Å². The predicted octanol–water partition coefficient (Wildman–Crippen LogP) is 3.27. The largest absolute Gasteiger partial charge is 0.364 e. The van der Waals surface area contributed by atoms with Gasteiger partial charge in [-0.3, -0.25) is 9.59 Å². The normalized spacial score (nSPS) is 19.5. The van der Waals surface area contributed by atoms with Crippen LogP contribution in [-0.2, 0) is 4.79 Å². The van der Waals surface area contributed by atoms with Gasteiger partial charge in [-0.25, -0.2) is 4.98 Å². The molecule has 1 unspecified atom stereocenters. The number of aromatic nitrogens is 1. The minimum atomic E-state index is -0.230. The zero-order valence-electron chi connectivity index (χ0n) is 14.1. The van der Waals surface area contributed by atoms with Gasteiger partial charge < -0.3 is 15.5 Å². The Bertz CT molecular complexity index is 836. The van der Waals surface area contributed by atoms with Crippen LogP contribution < -0.4 is 10.6 Å². The van der Waals surface area contributed by atoms with Gasteiger partial charge in [0.2, 0.25) is 5.91 Å². The number of nitrogens with zero attached hydrogens (tertiary/aromatic N) is 2. The van der Waals surface area contributed by atoms with Crippen LogP contribution in [0.25, 0.3) is 0 Å². The number of pyridine rings is 1. The Kier molecular flexibility index (Phi) is 4.63. The first-order valence-corrected chi connectivity index (χ1v) is 9.47. The zero-order valence-corrected chi connectivity index (χ0v) is 15.7. The number of hydrogen-bond donors (Lipinski definition) is 2. The Morgan fingerprint density at radius 2 is 1.96 bits per heavy atom. The summed E-state index contributed by atoms with van der Waals surface area (Å²) < 4.78 is 0.949. The number of rotatable bonds is 5. The molecule has 2 aliphatic rings. The van der Waals surface area contributed by atoms with E-state index in [2.05, 4.69) is 31.5 Å². The minimum absolute atomic E-state index is 0.0165. The Balaban J connectivity index is 1.47. The van der Waals surface area contributed by atoms with Crippen molar-refractivity contribution in [2.75, 3.05) is 17.2 Å². The average Bonchev–Trinajstić information content (AvgIpc) is 3.41. The van der Waals surface area contributed by atoms with E-state index in [1.54, 1.807) is 18.3 Å². The first-order chi connectivity index (χ1) is 12.6. The third-order valence-electron chi connectivity index (χ3n) is 4.64. The molecule has 2 aromatic rings. The Hall–Kier alpha value is -2.41. The lowest BCUT2D eigenvalue weighted by atomic mass is 10.2. The summed E-state index contributed by atoms with van der Waals surface area (Å²) in [7, 11) is 0. The first-order valence-electron chi connectivity index (χ1n) is 8.68. The number of halogens is 1. The van der Waals surface area contributed by atoms with E-state index in [1.807, 2.05) is 29.2 Å². The van der Waals surface area contributed by atoms with Crippen molar-refractivity contribution in [1.82, 2.24) is 9.88 Å². The highest BCUT2D eigenvalue weighted by Gasteiger charge is 2.39.